The van der Waals surface area contributed by atoms with Crippen LogP contribution < -0.4 is 10.1 Å². The molecule has 0 atom stereocenters. The van der Waals surface area contributed by atoms with E-state index in [0.29, 0.717) is 22.4 Å². The molecule has 2 rings (SSSR count). The molecule has 19 heavy (non-hydrogen) atoms. The summed E-state index contributed by atoms with van der Waals surface area (Å²) in [4.78, 5) is 19.9. The van der Waals surface area contributed by atoms with Crippen molar-refractivity contribution in [1.29, 1.82) is 0 Å². The molecule has 0 aliphatic carbocycles. The van der Waals surface area contributed by atoms with E-state index in [1.165, 1.54) is 24.6 Å². The van der Waals surface area contributed by atoms with Gasteiger partial charge in [-0.1, -0.05) is 11.3 Å². The lowest BCUT2D eigenvalue weighted by atomic mass is 10.3. The van der Waals surface area contributed by atoms with Crippen molar-refractivity contribution < 1.29 is 14.3 Å². The average molecular weight is 279 g/mol. The van der Waals surface area contributed by atoms with Gasteiger partial charge in [0.15, 0.2) is 5.13 Å². The number of esters is 1. The molecular formula is C12H13N3O3S. The summed E-state index contributed by atoms with van der Waals surface area (Å²) in [5.74, 6) is 0.185. The summed E-state index contributed by atoms with van der Waals surface area (Å²) in [6.07, 6.45) is 3.17. The van der Waals surface area contributed by atoms with Gasteiger partial charge in [-0.15, -0.1) is 0 Å². The van der Waals surface area contributed by atoms with E-state index in [2.05, 4.69) is 20.0 Å². The maximum atomic E-state index is 11.3. The Labute approximate surface area is 114 Å². The van der Waals surface area contributed by atoms with Crippen LogP contribution in [0.5, 0.6) is 5.88 Å². The summed E-state index contributed by atoms with van der Waals surface area (Å²) in [5.41, 5.74) is 1.02. The van der Waals surface area contributed by atoms with Gasteiger partial charge >= 0.3 is 5.97 Å². The van der Waals surface area contributed by atoms with E-state index >= 15 is 0 Å². The molecule has 0 bridgehead atoms. The first-order valence-corrected chi connectivity index (χ1v) is 6.31. The first-order chi connectivity index (χ1) is 9.22. The van der Waals surface area contributed by atoms with E-state index in [9.17, 15) is 4.79 Å². The third-order valence-electron chi connectivity index (χ3n) is 2.34. The van der Waals surface area contributed by atoms with Crippen molar-refractivity contribution in [2.45, 2.75) is 6.54 Å². The summed E-state index contributed by atoms with van der Waals surface area (Å²) in [6.45, 7) is 0.576. The molecule has 0 aliphatic rings. The van der Waals surface area contributed by atoms with Gasteiger partial charge in [0.1, 0.15) is 4.88 Å². The van der Waals surface area contributed by atoms with Crippen LogP contribution in [0.4, 0.5) is 5.13 Å². The first kappa shape index (κ1) is 13.3. The summed E-state index contributed by atoms with van der Waals surface area (Å²) in [7, 11) is 2.92. The van der Waals surface area contributed by atoms with Crippen LogP contribution in [0.25, 0.3) is 0 Å². The zero-order valence-electron chi connectivity index (χ0n) is 10.5. The number of rotatable bonds is 5. The fourth-order valence-electron chi connectivity index (χ4n) is 1.40. The number of thiazole rings is 1. The van der Waals surface area contributed by atoms with Gasteiger partial charge in [0, 0.05) is 18.8 Å². The monoisotopic (exact) mass is 279 g/mol. The maximum Gasteiger partial charge on any atom is 0.349 e. The quantitative estimate of drug-likeness (QED) is 0.843. The molecule has 0 saturated carbocycles. The van der Waals surface area contributed by atoms with Crippen LogP contribution in [0.1, 0.15) is 15.2 Å². The smallest absolute Gasteiger partial charge is 0.349 e. The third-order valence-corrected chi connectivity index (χ3v) is 3.28. The molecular weight excluding hydrogens is 266 g/mol. The lowest BCUT2D eigenvalue weighted by molar-refractivity contribution is 0.0606. The summed E-state index contributed by atoms with van der Waals surface area (Å²) < 4.78 is 9.67. The standard InChI is InChI=1S/C12H13N3O3S/c1-17-10-5-8(3-4-13-10)6-14-12-15-7-9(19-12)11(16)18-2/h3-5,7H,6H2,1-2H3,(H,14,15). The summed E-state index contributed by atoms with van der Waals surface area (Å²) in [5, 5.41) is 3.79. The Morgan fingerprint density at radius 1 is 1.42 bits per heavy atom. The molecule has 6 nitrogen and oxygen atoms in total. The van der Waals surface area contributed by atoms with Crippen LogP contribution in [-0.4, -0.2) is 30.2 Å². The Bertz CT molecular complexity index is 571. The molecule has 7 heteroatoms. The number of aromatic nitrogens is 2. The Hall–Kier alpha value is -2.15. The minimum absolute atomic E-state index is 0.379. The molecule has 0 spiro atoms. The number of pyridine rings is 1. The van der Waals surface area contributed by atoms with Crippen molar-refractivity contribution in [3.8, 4) is 5.88 Å². The number of carbonyl (C=O) groups is 1. The highest BCUT2D eigenvalue weighted by Gasteiger charge is 2.10. The molecule has 0 fully saturated rings. The highest BCUT2D eigenvalue weighted by atomic mass is 32.1. The minimum atomic E-state index is -0.379. The van der Waals surface area contributed by atoms with Crippen LogP contribution in [0.2, 0.25) is 0 Å². The minimum Gasteiger partial charge on any atom is -0.481 e. The van der Waals surface area contributed by atoms with Crippen molar-refractivity contribution in [2.24, 2.45) is 0 Å². The van der Waals surface area contributed by atoms with Crippen molar-refractivity contribution in [1.82, 2.24) is 9.97 Å². The molecule has 0 saturated heterocycles. The second-order valence-electron chi connectivity index (χ2n) is 3.58. The molecule has 0 aromatic carbocycles. The fourth-order valence-corrected chi connectivity index (χ4v) is 2.13. The predicted molar refractivity (Wildman–Crippen MR) is 71.6 cm³/mol. The maximum absolute atomic E-state index is 11.3. The number of methoxy groups -OCH3 is 2. The van der Waals surface area contributed by atoms with Crippen molar-refractivity contribution in [3.05, 3.63) is 35.0 Å². The average Bonchev–Trinajstić information content (AvgIpc) is 2.93. The zero-order chi connectivity index (χ0) is 13.7. The second kappa shape index (κ2) is 6.14. The van der Waals surface area contributed by atoms with Gasteiger partial charge in [-0.3, -0.25) is 0 Å². The lowest BCUT2D eigenvalue weighted by Gasteiger charge is -2.04. The molecule has 2 aromatic heterocycles. The van der Waals surface area contributed by atoms with Gasteiger partial charge in [-0.2, -0.15) is 0 Å². The van der Waals surface area contributed by atoms with E-state index in [1.54, 1.807) is 13.3 Å². The molecule has 2 heterocycles. The number of hydrogen-bond donors (Lipinski definition) is 1. The summed E-state index contributed by atoms with van der Waals surface area (Å²) in [6, 6.07) is 3.71. The number of hydrogen-bond acceptors (Lipinski definition) is 7. The molecule has 1 N–H and O–H groups in total. The van der Waals surface area contributed by atoms with Crippen LogP contribution in [0, 0.1) is 0 Å². The number of nitrogens with zero attached hydrogens (tertiary/aromatic N) is 2. The first-order valence-electron chi connectivity index (χ1n) is 5.50. The normalized spacial score (nSPS) is 10.0. The number of nitrogens with one attached hydrogen (secondary N) is 1. The zero-order valence-corrected chi connectivity index (χ0v) is 11.4. The Morgan fingerprint density at radius 2 is 2.26 bits per heavy atom. The SMILES string of the molecule is COC(=O)c1cnc(NCc2ccnc(OC)c2)s1. The van der Waals surface area contributed by atoms with Crippen LogP contribution in [0.3, 0.4) is 0 Å². The lowest BCUT2D eigenvalue weighted by Crippen LogP contribution is -1.99. The third kappa shape index (κ3) is 3.41. The number of ether oxygens (including phenoxy) is 2. The van der Waals surface area contributed by atoms with Gasteiger partial charge in [0.2, 0.25) is 5.88 Å². The van der Waals surface area contributed by atoms with Crippen LogP contribution in [0.15, 0.2) is 24.5 Å². The Morgan fingerprint density at radius 3 is 3.00 bits per heavy atom. The van der Waals surface area contributed by atoms with Gasteiger partial charge < -0.3 is 14.8 Å². The highest BCUT2D eigenvalue weighted by molar-refractivity contribution is 7.17. The Balaban J connectivity index is 1.98. The highest BCUT2D eigenvalue weighted by Crippen LogP contribution is 2.19. The van der Waals surface area contributed by atoms with Gasteiger partial charge in [0.05, 0.1) is 20.4 Å². The molecule has 2 aromatic rings. The molecule has 0 unspecified atom stereocenters. The van der Waals surface area contributed by atoms with Crippen LogP contribution >= 0.6 is 11.3 Å². The van der Waals surface area contributed by atoms with E-state index in [4.69, 9.17) is 4.74 Å². The van der Waals surface area contributed by atoms with Crippen LogP contribution in [-0.2, 0) is 11.3 Å². The van der Waals surface area contributed by atoms with Gasteiger partial charge in [-0.25, -0.2) is 14.8 Å². The van der Waals surface area contributed by atoms with Crippen molar-refractivity contribution in [2.75, 3.05) is 19.5 Å². The van der Waals surface area contributed by atoms with E-state index in [0.717, 1.165) is 5.56 Å². The second-order valence-corrected chi connectivity index (χ2v) is 4.61. The Kier molecular flexibility index (Phi) is 4.30. The molecule has 100 valence electrons. The number of carbonyl (C=O) groups excluding carboxylic acids is 1. The van der Waals surface area contributed by atoms with E-state index in [-0.39, 0.29) is 5.97 Å². The number of anilines is 1. The summed E-state index contributed by atoms with van der Waals surface area (Å²) >= 11 is 1.25. The van der Waals surface area contributed by atoms with Crippen molar-refractivity contribution in [3.63, 3.8) is 0 Å². The predicted octanol–water partition coefficient (Wildman–Crippen LogP) is 1.95. The fraction of sp³-hybridized carbons (Fsp3) is 0.250. The van der Waals surface area contributed by atoms with Gasteiger partial charge in [0.25, 0.3) is 0 Å². The van der Waals surface area contributed by atoms with E-state index in [1.807, 2.05) is 12.1 Å². The largest absolute Gasteiger partial charge is 0.481 e. The topological polar surface area (TPSA) is 73.3 Å². The van der Waals surface area contributed by atoms with Gasteiger partial charge in [-0.05, 0) is 11.6 Å². The molecule has 0 radical (unpaired) electrons. The molecule has 0 aliphatic heterocycles. The molecule has 0 amide bonds. The van der Waals surface area contributed by atoms with Crippen molar-refractivity contribution >= 4 is 22.4 Å². The van der Waals surface area contributed by atoms with E-state index < -0.39 is 0 Å².